The van der Waals surface area contributed by atoms with Crippen LogP contribution < -0.4 is 21.9 Å². The van der Waals surface area contributed by atoms with Crippen LogP contribution in [0.2, 0.25) is 0 Å². The molecule has 0 spiro atoms. The third kappa shape index (κ3) is 6.04. The lowest BCUT2D eigenvalue weighted by molar-refractivity contribution is -0.138. The van der Waals surface area contributed by atoms with Crippen molar-refractivity contribution < 1.29 is 22.0 Å². The number of aromatic nitrogens is 2. The molecule has 42 heavy (non-hydrogen) atoms. The summed E-state index contributed by atoms with van der Waals surface area (Å²) in [7, 11) is 0. The Balaban J connectivity index is 1.56. The standard InChI is InChI=1S/C30H31F4N5O3/c1-20-27(37-13-11-36(12-14-37)16-21-10-15-42-19-21)28(40)39(18-26(35)22-6-3-2-4-7-22)29(41)38(20)17-23-24(30(32,33)34)8-5-9-25(23)31/h2-10,15,19,26H,11-14,16-18,35H2,1H3/t26-/m0/s1. The second-order valence-electron chi connectivity index (χ2n) is 10.4. The summed E-state index contributed by atoms with van der Waals surface area (Å²) in [6, 6.07) is 12.7. The van der Waals surface area contributed by atoms with Crippen LogP contribution in [-0.4, -0.2) is 40.2 Å². The number of nitrogens with two attached hydrogens (primary N) is 1. The highest BCUT2D eigenvalue weighted by molar-refractivity contribution is 5.50. The van der Waals surface area contributed by atoms with Gasteiger partial charge < -0.3 is 15.1 Å². The van der Waals surface area contributed by atoms with Crippen LogP contribution in [0.5, 0.6) is 0 Å². The van der Waals surface area contributed by atoms with Crippen LogP contribution in [-0.2, 0) is 25.8 Å². The number of rotatable bonds is 8. The lowest BCUT2D eigenvalue weighted by Gasteiger charge is -2.36. The van der Waals surface area contributed by atoms with E-state index in [4.69, 9.17) is 10.2 Å². The van der Waals surface area contributed by atoms with E-state index < -0.39 is 47.0 Å². The van der Waals surface area contributed by atoms with E-state index >= 15 is 0 Å². The highest BCUT2D eigenvalue weighted by atomic mass is 19.4. The van der Waals surface area contributed by atoms with Gasteiger partial charge in [-0.05, 0) is 30.7 Å². The van der Waals surface area contributed by atoms with Gasteiger partial charge in [0.1, 0.15) is 11.5 Å². The van der Waals surface area contributed by atoms with Crippen molar-refractivity contribution in [1.82, 2.24) is 14.0 Å². The molecule has 0 saturated carbocycles. The summed E-state index contributed by atoms with van der Waals surface area (Å²) in [6.45, 7) is 3.31. The summed E-state index contributed by atoms with van der Waals surface area (Å²) in [6.07, 6.45) is -1.58. The van der Waals surface area contributed by atoms with E-state index in [0.29, 0.717) is 38.3 Å². The predicted octanol–water partition coefficient (Wildman–Crippen LogP) is 4.14. The zero-order valence-electron chi connectivity index (χ0n) is 23.0. The molecule has 0 unspecified atom stereocenters. The zero-order chi connectivity index (χ0) is 30.0. The van der Waals surface area contributed by atoms with Gasteiger partial charge in [-0.2, -0.15) is 13.2 Å². The number of furan rings is 1. The van der Waals surface area contributed by atoms with E-state index in [2.05, 4.69) is 4.90 Å². The van der Waals surface area contributed by atoms with Crippen molar-refractivity contribution in [2.75, 3.05) is 31.1 Å². The molecule has 3 heterocycles. The van der Waals surface area contributed by atoms with Gasteiger partial charge in [0.25, 0.3) is 5.56 Å². The van der Waals surface area contributed by atoms with Gasteiger partial charge in [0.05, 0.1) is 31.2 Å². The molecular formula is C30H31F4N5O3. The van der Waals surface area contributed by atoms with Crippen molar-refractivity contribution in [3.05, 3.63) is 122 Å². The zero-order valence-corrected chi connectivity index (χ0v) is 23.0. The maximum absolute atomic E-state index is 14.9. The number of nitrogens with zero attached hydrogens (tertiary/aromatic N) is 4. The Kier molecular flexibility index (Phi) is 8.37. The molecule has 12 heteroatoms. The Morgan fingerprint density at radius 2 is 1.64 bits per heavy atom. The minimum atomic E-state index is -4.84. The van der Waals surface area contributed by atoms with Crippen molar-refractivity contribution in [3.8, 4) is 0 Å². The number of hydrogen-bond donors (Lipinski definition) is 1. The SMILES string of the molecule is Cc1c(N2CCN(Cc3ccoc3)CC2)c(=O)n(C[C@H](N)c2ccccc2)c(=O)n1Cc1c(F)cccc1C(F)(F)F. The third-order valence-electron chi connectivity index (χ3n) is 7.68. The quantitative estimate of drug-likeness (QED) is 0.313. The first-order valence-corrected chi connectivity index (χ1v) is 13.5. The molecule has 0 bridgehead atoms. The molecule has 1 aliphatic heterocycles. The summed E-state index contributed by atoms with van der Waals surface area (Å²) in [5.74, 6) is -1.09. The number of benzene rings is 2. The van der Waals surface area contributed by atoms with Gasteiger partial charge in [0.15, 0.2) is 0 Å². The molecule has 1 aliphatic rings. The number of hydrogen-bond acceptors (Lipinski definition) is 6. The molecule has 0 radical (unpaired) electrons. The van der Waals surface area contributed by atoms with Gasteiger partial charge in [0, 0.05) is 55.6 Å². The lowest BCUT2D eigenvalue weighted by atomic mass is 10.1. The van der Waals surface area contributed by atoms with E-state index in [1.807, 2.05) is 11.0 Å². The Labute approximate surface area is 239 Å². The molecule has 0 amide bonds. The Hall–Kier alpha value is -4.16. The lowest BCUT2D eigenvalue weighted by Crippen LogP contribution is -2.51. The van der Waals surface area contributed by atoms with Crippen molar-refractivity contribution in [2.24, 2.45) is 5.73 Å². The monoisotopic (exact) mass is 585 g/mol. The second-order valence-corrected chi connectivity index (χ2v) is 10.4. The number of halogens is 4. The maximum Gasteiger partial charge on any atom is 0.416 e. The van der Waals surface area contributed by atoms with Crippen molar-refractivity contribution in [2.45, 2.75) is 38.8 Å². The van der Waals surface area contributed by atoms with E-state index in [0.717, 1.165) is 32.9 Å². The number of alkyl halides is 3. The average Bonchev–Trinajstić information content (AvgIpc) is 3.48. The first-order valence-electron chi connectivity index (χ1n) is 13.5. The van der Waals surface area contributed by atoms with Crippen molar-refractivity contribution in [3.63, 3.8) is 0 Å². The molecule has 1 saturated heterocycles. The number of anilines is 1. The summed E-state index contributed by atoms with van der Waals surface area (Å²) >= 11 is 0. The topological polar surface area (TPSA) is 89.6 Å². The molecule has 0 aliphatic carbocycles. The van der Waals surface area contributed by atoms with Crippen LogP contribution in [0.15, 0.2) is 81.1 Å². The summed E-state index contributed by atoms with van der Waals surface area (Å²) < 4.78 is 63.5. The molecule has 222 valence electrons. The number of piperazine rings is 1. The van der Waals surface area contributed by atoms with E-state index in [1.54, 1.807) is 42.9 Å². The van der Waals surface area contributed by atoms with Crippen LogP contribution in [0.3, 0.4) is 0 Å². The fourth-order valence-electron chi connectivity index (χ4n) is 5.41. The molecule has 2 aromatic carbocycles. The molecule has 1 atom stereocenters. The van der Waals surface area contributed by atoms with E-state index in [9.17, 15) is 27.2 Å². The van der Waals surface area contributed by atoms with Crippen LogP contribution >= 0.6 is 0 Å². The molecule has 2 aromatic heterocycles. The predicted molar refractivity (Wildman–Crippen MR) is 150 cm³/mol. The van der Waals surface area contributed by atoms with Gasteiger partial charge in [0.2, 0.25) is 0 Å². The van der Waals surface area contributed by atoms with Gasteiger partial charge in [-0.15, -0.1) is 0 Å². The Morgan fingerprint density at radius 3 is 2.29 bits per heavy atom. The summed E-state index contributed by atoms with van der Waals surface area (Å²) in [4.78, 5) is 31.6. The molecule has 4 aromatic rings. The minimum Gasteiger partial charge on any atom is -0.472 e. The highest BCUT2D eigenvalue weighted by Gasteiger charge is 2.35. The highest BCUT2D eigenvalue weighted by Crippen LogP contribution is 2.33. The molecule has 8 nitrogen and oxygen atoms in total. The molecular weight excluding hydrogens is 554 g/mol. The Morgan fingerprint density at radius 1 is 0.929 bits per heavy atom. The third-order valence-corrected chi connectivity index (χ3v) is 7.68. The fourth-order valence-corrected chi connectivity index (χ4v) is 5.41. The molecule has 1 fully saturated rings. The van der Waals surface area contributed by atoms with Gasteiger partial charge in [-0.1, -0.05) is 36.4 Å². The summed E-state index contributed by atoms with van der Waals surface area (Å²) in [5.41, 5.74) is 5.11. The van der Waals surface area contributed by atoms with Crippen molar-refractivity contribution >= 4 is 5.69 Å². The van der Waals surface area contributed by atoms with E-state index in [-0.39, 0.29) is 17.9 Å². The van der Waals surface area contributed by atoms with Gasteiger partial charge >= 0.3 is 11.9 Å². The van der Waals surface area contributed by atoms with Crippen LogP contribution in [0.1, 0.15) is 34.0 Å². The van der Waals surface area contributed by atoms with Crippen molar-refractivity contribution in [1.29, 1.82) is 0 Å². The van der Waals surface area contributed by atoms with Crippen LogP contribution in [0.25, 0.3) is 0 Å². The normalized spacial score (nSPS) is 15.2. The molecule has 5 rings (SSSR count). The first-order chi connectivity index (χ1) is 20.0. The largest absolute Gasteiger partial charge is 0.472 e. The Bertz CT molecular complexity index is 1640. The maximum atomic E-state index is 14.9. The fraction of sp³-hybridized carbons (Fsp3) is 0.333. The van der Waals surface area contributed by atoms with Gasteiger partial charge in [-0.3, -0.25) is 18.8 Å². The van der Waals surface area contributed by atoms with Gasteiger partial charge in [-0.25, -0.2) is 9.18 Å². The van der Waals surface area contributed by atoms with E-state index in [1.165, 1.54) is 6.92 Å². The molecule has 2 N–H and O–H groups in total. The smallest absolute Gasteiger partial charge is 0.416 e. The summed E-state index contributed by atoms with van der Waals surface area (Å²) in [5, 5.41) is 0. The first kappa shape index (κ1) is 29.3. The second kappa shape index (κ2) is 12.0. The average molecular weight is 586 g/mol. The van der Waals surface area contributed by atoms with Crippen LogP contribution in [0.4, 0.5) is 23.2 Å². The van der Waals surface area contributed by atoms with Crippen LogP contribution in [0, 0.1) is 12.7 Å². The minimum absolute atomic E-state index is 0.161.